The maximum absolute atomic E-state index is 11.0. The summed E-state index contributed by atoms with van der Waals surface area (Å²) in [6.07, 6.45) is 1.91. The summed E-state index contributed by atoms with van der Waals surface area (Å²) >= 11 is 0. The Kier molecular flexibility index (Phi) is 4.45. The molecule has 1 amide bonds. The van der Waals surface area contributed by atoms with Gasteiger partial charge in [-0.2, -0.15) is 0 Å². The summed E-state index contributed by atoms with van der Waals surface area (Å²) in [5.41, 5.74) is 7.64. The van der Waals surface area contributed by atoms with E-state index in [9.17, 15) is 4.79 Å². The van der Waals surface area contributed by atoms with Crippen molar-refractivity contribution < 1.29 is 9.53 Å². The zero-order valence-corrected chi connectivity index (χ0v) is 11.8. The SMILES string of the molecule is COC(=O)Nc1ccc(CN=C(N)N(C)C2CC2)cc1. The van der Waals surface area contributed by atoms with Crippen LogP contribution in [0.2, 0.25) is 0 Å². The van der Waals surface area contributed by atoms with Gasteiger partial charge in [0.15, 0.2) is 5.96 Å². The van der Waals surface area contributed by atoms with Gasteiger partial charge < -0.3 is 15.4 Å². The molecule has 108 valence electrons. The predicted octanol–water partition coefficient (Wildman–Crippen LogP) is 1.77. The van der Waals surface area contributed by atoms with Crippen molar-refractivity contribution in [2.24, 2.45) is 10.7 Å². The topological polar surface area (TPSA) is 79.9 Å². The molecule has 0 spiro atoms. The Balaban J connectivity index is 1.89. The first-order chi connectivity index (χ1) is 9.60. The van der Waals surface area contributed by atoms with Gasteiger partial charge >= 0.3 is 6.09 Å². The van der Waals surface area contributed by atoms with Gasteiger partial charge in [0.25, 0.3) is 0 Å². The molecule has 0 atom stereocenters. The third-order valence-corrected chi connectivity index (χ3v) is 3.27. The van der Waals surface area contributed by atoms with Crippen molar-refractivity contribution in [2.75, 3.05) is 19.5 Å². The van der Waals surface area contributed by atoms with E-state index in [1.807, 2.05) is 36.2 Å². The van der Waals surface area contributed by atoms with Gasteiger partial charge in [-0.15, -0.1) is 0 Å². The number of nitrogens with zero attached hydrogens (tertiary/aromatic N) is 2. The smallest absolute Gasteiger partial charge is 0.411 e. The van der Waals surface area contributed by atoms with Gasteiger partial charge in [0.1, 0.15) is 0 Å². The number of carbonyl (C=O) groups excluding carboxylic acids is 1. The van der Waals surface area contributed by atoms with Gasteiger partial charge in [0.05, 0.1) is 13.7 Å². The molecule has 0 unspecified atom stereocenters. The average molecular weight is 276 g/mol. The van der Waals surface area contributed by atoms with Gasteiger partial charge in [0.2, 0.25) is 0 Å². The van der Waals surface area contributed by atoms with Crippen LogP contribution < -0.4 is 11.1 Å². The number of carbonyl (C=O) groups is 1. The fraction of sp³-hybridized carbons (Fsp3) is 0.429. The Bertz CT molecular complexity index is 494. The van der Waals surface area contributed by atoms with Crippen LogP contribution in [0.5, 0.6) is 0 Å². The number of hydrogen-bond acceptors (Lipinski definition) is 3. The third kappa shape index (κ3) is 3.88. The second-order valence-corrected chi connectivity index (χ2v) is 4.83. The third-order valence-electron chi connectivity index (χ3n) is 3.27. The Hall–Kier alpha value is -2.24. The number of amides is 1. The van der Waals surface area contributed by atoms with E-state index >= 15 is 0 Å². The maximum atomic E-state index is 11.0. The van der Waals surface area contributed by atoms with Crippen LogP contribution in [0.1, 0.15) is 18.4 Å². The molecule has 0 radical (unpaired) electrons. The zero-order valence-electron chi connectivity index (χ0n) is 11.8. The number of guanidine groups is 1. The first kappa shape index (κ1) is 14.2. The Labute approximate surface area is 118 Å². The minimum Gasteiger partial charge on any atom is -0.453 e. The van der Waals surface area contributed by atoms with E-state index in [0.717, 1.165) is 5.56 Å². The number of methoxy groups -OCH3 is 1. The van der Waals surface area contributed by atoms with Crippen LogP contribution in [0.15, 0.2) is 29.3 Å². The molecular formula is C14H20N4O2. The van der Waals surface area contributed by atoms with Gasteiger partial charge in [-0.1, -0.05) is 12.1 Å². The number of hydrogen-bond donors (Lipinski definition) is 2. The molecule has 2 rings (SSSR count). The minimum atomic E-state index is -0.480. The standard InChI is InChI=1S/C14H20N4O2/c1-18(12-7-8-12)13(15)16-9-10-3-5-11(6-4-10)17-14(19)20-2/h3-6,12H,7-9H2,1-2H3,(H2,15,16)(H,17,19). The number of benzene rings is 1. The lowest BCUT2D eigenvalue weighted by Gasteiger charge is -2.16. The summed E-state index contributed by atoms with van der Waals surface area (Å²) in [5.74, 6) is 0.573. The highest BCUT2D eigenvalue weighted by Crippen LogP contribution is 2.24. The molecule has 1 aliphatic rings. The average Bonchev–Trinajstić information content (AvgIpc) is 3.29. The van der Waals surface area contributed by atoms with Crippen molar-refractivity contribution in [3.63, 3.8) is 0 Å². The first-order valence-corrected chi connectivity index (χ1v) is 6.57. The molecule has 6 nitrogen and oxygen atoms in total. The number of anilines is 1. The number of aliphatic imine (C=N–C) groups is 1. The second kappa shape index (κ2) is 6.27. The highest BCUT2D eigenvalue weighted by Gasteiger charge is 2.27. The molecule has 3 N–H and O–H groups in total. The minimum absolute atomic E-state index is 0.480. The molecule has 1 saturated carbocycles. The Morgan fingerprint density at radius 1 is 1.45 bits per heavy atom. The summed E-state index contributed by atoms with van der Waals surface area (Å²) in [6, 6.07) is 7.98. The number of nitrogens with two attached hydrogens (primary N) is 1. The van der Waals surface area contributed by atoms with Crippen LogP contribution in [0.25, 0.3) is 0 Å². The highest BCUT2D eigenvalue weighted by molar-refractivity contribution is 5.84. The summed E-state index contributed by atoms with van der Waals surface area (Å²) in [7, 11) is 3.30. The number of nitrogens with one attached hydrogen (secondary N) is 1. The monoisotopic (exact) mass is 276 g/mol. The molecule has 1 fully saturated rings. The van der Waals surface area contributed by atoms with Crippen LogP contribution in [0.4, 0.5) is 10.5 Å². The molecule has 20 heavy (non-hydrogen) atoms. The predicted molar refractivity (Wildman–Crippen MR) is 78.6 cm³/mol. The number of rotatable bonds is 4. The Morgan fingerprint density at radius 2 is 2.10 bits per heavy atom. The highest BCUT2D eigenvalue weighted by atomic mass is 16.5. The van der Waals surface area contributed by atoms with E-state index in [0.29, 0.717) is 24.2 Å². The lowest BCUT2D eigenvalue weighted by atomic mass is 10.2. The molecule has 0 bridgehead atoms. The fourth-order valence-corrected chi connectivity index (χ4v) is 1.80. The summed E-state index contributed by atoms with van der Waals surface area (Å²) < 4.78 is 4.52. The second-order valence-electron chi connectivity index (χ2n) is 4.83. The zero-order chi connectivity index (χ0) is 14.5. The molecule has 0 heterocycles. The molecular weight excluding hydrogens is 256 g/mol. The van der Waals surface area contributed by atoms with Crippen molar-refractivity contribution in [2.45, 2.75) is 25.4 Å². The molecule has 0 saturated heterocycles. The molecule has 1 aliphatic carbocycles. The van der Waals surface area contributed by atoms with Crippen molar-refractivity contribution in [3.8, 4) is 0 Å². The Morgan fingerprint density at radius 3 is 2.65 bits per heavy atom. The van der Waals surface area contributed by atoms with E-state index in [1.165, 1.54) is 20.0 Å². The first-order valence-electron chi connectivity index (χ1n) is 6.57. The summed E-state index contributed by atoms with van der Waals surface area (Å²) in [4.78, 5) is 17.4. The normalized spacial score (nSPS) is 14.8. The molecule has 1 aromatic rings. The van der Waals surface area contributed by atoms with E-state index in [-0.39, 0.29) is 0 Å². The van der Waals surface area contributed by atoms with E-state index in [4.69, 9.17) is 5.73 Å². The molecule has 0 aromatic heterocycles. The molecule has 6 heteroatoms. The quantitative estimate of drug-likeness (QED) is 0.649. The number of ether oxygens (including phenoxy) is 1. The lowest BCUT2D eigenvalue weighted by molar-refractivity contribution is 0.187. The van der Waals surface area contributed by atoms with E-state index < -0.39 is 6.09 Å². The van der Waals surface area contributed by atoms with Gasteiger partial charge in [-0.3, -0.25) is 5.32 Å². The van der Waals surface area contributed by atoms with Crippen LogP contribution in [0.3, 0.4) is 0 Å². The molecule has 0 aliphatic heterocycles. The molecule has 1 aromatic carbocycles. The van der Waals surface area contributed by atoms with Gasteiger partial charge in [-0.05, 0) is 30.5 Å². The van der Waals surface area contributed by atoms with E-state index in [1.54, 1.807) is 0 Å². The van der Waals surface area contributed by atoms with Crippen molar-refractivity contribution >= 4 is 17.7 Å². The van der Waals surface area contributed by atoms with Crippen molar-refractivity contribution in [1.29, 1.82) is 0 Å². The fourth-order valence-electron chi connectivity index (χ4n) is 1.80. The van der Waals surface area contributed by atoms with Crippen LogP contribution >= 0.6 is 0 Å². The summed E-state index contributed by atoms with van der Waals surface area (Å²) in [6.45, 7) is 0.529. The van der Waals surface area contributed by atoms with Crippen LogP contribution in [-0.4, -0.2) is 37.2 Å². The van der Waals surface area contributed by atoms with Crippen molar-refractivity contribution in [1.82, 2.24) is 4.90 Å². The van der Waals surface area contributed by atoms with Crippen LogP contribution in [0, 0.1) is 0 Å². The lowest BCUT2D eigenvalue weighted by Crippen LogP contribution is -2.35. The van der Waals surface area contributed by atoms with Crippen LogP contribution in [-0.2, 0) is 11.3 Å². The summed E-state index contributed by atoms with van der Waals surface area (Å²) in [5, 5.41) is 2.60. The van der Waals surface area contributed by atoms with E-state index in [2.05, 4.69) is 15.0 Å². The maximum Gasteiger partial charge on any atom is 0.411 e. The van der Waals surface area contributed by atoms with Gasteiger partial charge in [-0.25, -0.2) is 9.79 Å². The van der Waals surface area contributed by atoms with Crippen molar-refractivity contribution in [3.05, 3.63) is 29.8 Å². The van der Waals surface area contributed by atoms with Gasteiger partial charge in [0, 0.05) is 18.8 Å². The largest absolute Gasteiger partial charge is 0.453 e.